The summed E-state index contributed by atoms with van der Waals surface area (Å²) in [6, 6.07) is 9.16. The summed E-state index contributed by atoms with van der Waals surface area (Å²) in [5.41, 5.74) is 0.480. The molecule has 3 rings (SSSR count). The molecule has 24 heavy (non-hydrogen) atoms. The summed E-state index contributed by atoms with van der Waals surface area (Å²) in [5, 5.41) is 12.4. The number of hydrogen-bond acceptors (Lipinski definition) is 4. The van der Waals surface area contributed by atoms with Crippen molar-refractivity contribution in [3.8, 4) is 12.0 Å². The third-order valence-electron chi connectivity index (χ3n) is 3.61. The zero-order valence-corrected chi connectivity index (χ0v) is 14.6. The first-order chi connectivity index (χ1) is 11.5. The van der Waals surface area contributed by atoms with Crippen molar-refractivity contribution in [2.24, 2.45) is 0 Å². The molecular formula is C17H14ClN3O2S. The second-order valence-corrected chi connectivity index (χ2v) is 7.00. The van der Waals surface area contributed by atoms with Crippen LogP contribution in [0, 0.1) is 18.3 Å². The quantitative estimate of drug-likeness (QED) is 0.747. The summed E-state index contributed by atoms with van der Waals surface area (Å²) in [4.78, 5) is 13.6. The fourth-order valence-corrected chi connectivity index (χ4v) is 3.52. The summed E-state index contributed by atoms with van der Waals surface area (Å²) >= 11 is 7.34. The Bertz CT molecular complexity index is 918. The van der Waals surface area contributed by atoms with Crippen molar-refractivity contribution in [1.29, 1.82) is 5.26 Å². The van der Waals surface area contributed by atoms with Gasteiger partial charge in [-0.1, -0.05) is 11.6 Å². The lowest BCUT2D eigenvalue weighted by atomic mass is 10.1. The van der Waals surface area contributed by atoms with Crippen molar-refractivity contribution in [2.75, 3.05) is 0 Å². The Hall–Kier alpha value is -2.49. The van der Waals surface area contributed by atoms with E-state index in [1.165, 1.54) is 11.3 Å². The monoisotopic (exact) mass is 359 g/mol. The highest BCUT2D eigenvalue weighted by Gasteiger charge is 2.25. The van der Waals surface area contributed by atoms with Crippen molar-refractivity contribution in [3.05, 3.63) is 62.8 Å². The van der Waals surface area contributed by atoms with Crippen LogP contribution in [0.25, 0.3) is 5.88 Å². The Kier molecular flexibility index (Phi) is 4.47. The molecule has 0 saturated heterocycles. The van der Waals surface area contributed by atoms with E-state index in [0.29, 0.717) is 16.0 Å². The van der Waals surface area contributed by atoms with Crippen LogP contribution in [0.5, 0.6) is 0 Å². The minimum atomic E-state index is -0.344. The molecule has 0 radical (unpaired) electrons. The molecule has 0 saturated carbocycles. The Morgan fingerprint density at radius 3 is 2.71 bits per heavy atom. The van der Waals surface area contributed by atoms with Gasteiger partial charge in [0.25, 0.3) is 5.91 Å². The van der Waals surface area contributed by atoms with Gasteiger partial charge in [0.15, 0.2) is 0 Å². The number of hydrogen-bond donors (Lipinski definition) is 1. The predicted octanol–water partition coefficient (Wildman–Crippen LogP) is 4.46. The maximum absolute atomic E-state index is 12.7. The molecule has 1 unspecified atom stereocenters. The number of nitrogens with one attached hydrogen (secondary N) is 1. The van der Waals surface area contributed by atoms with E-state index in [1.807, 2.05) is 25.1 Å². The molecule has 0 aliphatic rings. The van der Waals surface area contributed by atoms with Crippen molar-refractivity contribution < 1.29 is 9.21 Å². The normalized spacial score (nSPS) is 11.9. The van der Waals surface area contributed by atoms with Crippen LogP contribution in [0.4, 0.5) is 0 Å². The van der Waals surface area contributed by atoms with Crippen LogP contribution in [0.2, 0.25) is 4.34 Å². The Morgan fingerprint density at radius 1 is 1.42 bits per heavy atom. The molecule has 0 aliphatic carbocycles. The Balaban J connectivity index is 1.91. The van der Waals surface area contributed by atoms with Gasteiger partial charge in [0.2, 0.25) is 5.88 Å². The van der Waals surface area contributed by atoms with Crippen molar-refractivity contribution >= 4 is 28.8 Å². The number of amides is 1. The van der Waals surface area contributed by atoms with Crippen LogP contribution in [0.3, 0.4) is 0 Å². The Morgan fingerprint density at radius 2 is 2.12 bits per heavy atom. The fraction of sp³-hybridized carbons (Fsp3) is 0.176. The average Bonchev–Trinajstić information content (AvgIpc) is 3.25. The number of thiophene rings is 1. The number of aryl methyl sites for hydroxylation is 1. The van der Waals surface area contributed by atoms with Crippen molar-refractivity contribution in [1.82, 2.24) is 9.88 Å². The molecule has 5 nitrogen and oxygen atoms in total. The topological polar surface area (TPSA) is 71.0 Å². The molecule has 7 heteroatoms. The van der Waals surface area contributed by atoms with E-state index in [0.717, 1.165) is 4.88 Å². The van der Waals surface area contributed by atoms with Gasteiger partial charge in [-0.25, -0.2) is 0 Å². The first-order valence-electron chi connectivity index (χ1n) is 7.24. The van der Waals surface area contributed by atoms with Gasteiger partial charge in [0, 0.05) is 17.3 Å². The van der Waals surface area contributed by atoms with Crippen LogP contribution in [-0.2, 0) is 0 Å². The van der Waals surface area contributed by atoms with Crippen molar-refractivity contribution in [3.63, 3.8) is 0 Å². The molecule has 0 bridgehead atoms. The van der Waals surface area contributed by atoms with Gasteiger partial charge in [0.1, 0.15) is 23.0 Å². The largest absolute Gasteiger partial charge is 0.443 e. The maximum Gasteiger partial charge on any atom is 0.256 e. The highest BCUT2D eigenvalue weighted by Crippen LogP contribution is 2.29. The number of aromatic nitrogens is 1. The molecule has 0 spiro atoms. The predicted molar refractivity (Wildman–Crippen MR) is 92.7 cm³/mol. The molecule has 3 aromatic rings. The van der Waals surface area contributed by atoms with E-state index < -0.39 is 0 Å². The number of carbonyl (C=O) groups excluding carboxylic acids is 1. The smallest absolute Gasteiger partial charge is 0.256 e. The number of nitriles is 1. The summed E-state index contributed by atoms with van der Waals surface area (Å²) in [6.45, 7) is 3.55. The minimum Gasteiger partial charge on any atom is -0.443 e. The highest BCUT2D eigenvalue weighted by atomic mass is 35.5. The van der Waals surface area contributed by atoms with Crippen LogP contribution in [0.15, 0.2) is 41.1 Å². The average molecular weight is 360 g/mol. The lowest BCUT2D eigenvalue weighted by molar-refractivity contribution is 0.0938. The third-order valence-corrected chi connectivity index (χ3v) is 5.03. The number of nitrogens with zero attached hydrogens (tertiary/aromatic N) is 2. The molecular weight excluding hydrogens is 346 g/mol. The fourth-order valence-electron chi connectivity index (χ4n) is 2.46. The molecule has 0 aromatic carbocycles. The first-order valence-corrected chi connectivity index (χ1v) is 8.43. The van der Waals surface area contributed by atoms with Crippen LogP contribution in [-0.4, -0.2) is 10.5 Å². The van der Waals surface area contributed by atoms with Gasteiger partial charge >= 0.3 is 0 Å². The molecule has 3 heterocycles. The molecule has 1 atom stereocenters. The van der Waals surface area contributed by atoms with Crippen LogP contribution < -0.4 is 5.32 Å². The van der Waals surface area contributed by atoms with E-state index in [1.54, 1.807) is 30.0 Å². The van der Waals surface area contributed by atoms with Gasteiger partial charge in [0.05, 0.1) is 10.4 Å². The van der Waals surface area contributed by atoms with Gasteiger partial charge in [-0.15, -0.1) is 11.3 Å². The maximum atomic E-state index is 12.7. The van der Waals surface area contributed by atoms with Gasteiger partial charge in [-0.05, 0) is 38.1 Å². The lowest BCUT2D eigenvalue weighted by Crippen LogP contribution is -2.27. The van der Waals surface area contributed by atoms with Gasteiger partial charge in [-0.3, -0.25) is 9.36 Å². The second-order valence-electron chi connectivity index (χ2n) is 5.25. The zero-order valence-electron chi connectivity index (χ0n) is 13.0. The number of carbonyl (C=O) groups is 1. The van der Waals surface area contributed by atoms with Crippen molar-refractivity contribution in [2.45, 2.75) is 19.9 Å². The number of halogens is 1. The van der Waals surface area contributed by atoms with Crippen LogP contribution in [0.1, 0.15) is 39.5 Å². The van der Waals surface area contributed by atoms with Gasteiger partial charge in [-0.2, -0.15) is 5.26 Å². The molecule has 0 aliphatic heterocycles. The zero-order chi connectivity index (χ0) is 17.3. The Labute approximate surface area is 148 Å². The van der Waals surface area contributed by atoms with E-state index in [9.17, 15) is 10.1 Å². The molecule has 122 valence electrons. The summed E-state index contributed by atoms with van der Waals surface area (Å²) in [5.74, 6) is 0.407. The highest BCUT2D eigenvalue weighted by molar-refractivity contribution is 7.16. The summed E-state index contributed by atoms with van der Waals surface area (Å²) in [7, 11) is 0. The summed E-state index contributed by atoms with van der Waals surface area (Å²) < 4.78 is 7.99. The van der Waals surface area contributed by atoms with Gasteiger partial charge < -0.3 is 9.73 Å². The van der Waals surface area contributed by atoms with Crippen LogP contribution >= 0.6 is 22.9 Å². The van der Waals surface area contributed by atoms with E-state index >= 15 is 0 Å². The second kappa shape index (κ2) is 6.56. The molecule has 0 fully saturated rings. The number of rotatable bonds is 4. The lowest BCUT2D eigenvalue weighted by Gasteiger charge is -2.11. The third kappa shape index (κ3) is 2.96. The molecule has 1 amide bonds. The first kappa shape index (κ1) is 16.4. The summed E-state index contributed by atoms with van der Waals surface area (Å²) in [6.07, 6.45) is 3.52. The van der Waals surface area contributed by atoms with E-state index in [2.05, 4.69) is 11.4 Å². The molecule has 1 N–H and O–H groups in total. The number of furan rings is 1. The van der Waals surface area contributed by atoms with E-state index in [-0.39, 0.29) is 23.1 Å². The van der Waals surface area contributed by atoms with E-state index in [4.69, 9.17) is 16.0 Å². The SMILES string of the molecule is Cc1oc(-n2cccc2)c(C#N)c1C(=O)NC(C)c1ccc(Cl)s1. The standard InChI is InChI=1S/C17H14ClN3O2S/c1-10(13-5-6-14(18)24-13)20-16(22)15-11(2)23-17(12(15)9-19)21-7-3-4-8-21/h3-8,10H,1-2H3,(H,20,22). The molecule has 3 aromatic heterocycles. The minimum absolute atomic E-state index is 0.217.